The summed E-state index contributed by atoms with van der Waals surface area (Å²) in [5, 5.41) is 3.00. The van der Waals surface area contributed by atoms with E-state index < -0.39 is 0 Å². The predicted octanol–water partition coefficient (Wildman–Crippen LogP) is 2.34. The highest BCUT2D eigenvalue weighted by atomic mass is 16.2. The lowest BCUT2D eigenvalue weighted by molar-refractivity contribution is -0.126. The van der Waals surface area contributed by atoms with Gasteiger partial charge in [-0.3, -0.25) is 9.59 Å². The summed E-state index contributed by atoms with van der Waals surface area (Å²) < 4.78 is 0. The highest BCUT2D eigenvalue weighted by Gasteiger charge is 2.35. The Morgan fingerprint density at radius 3 is 2.75 bits per heavy atom. The lowest BCUT2D eigenvalue weighted by Crippen LogP contribution is -2.38. The van der Waals surface area contributed by atoms with Crippen LogP contribution in [0, 0.1) is 5.92 Å². The van der Waals surface area contributed by atoms with E-state index in [1.165, 1.54) is 0 Å². The van der Waals surface area contributed by atoms with Crippen LogP contribution in [-0.4, -0.2) is 24.4 Å². The molecule has 1 aliphatic heterocycles. The van der Waals surface area contributed by atoms with Crippen LogP contribution in [0.3, 0.4) is 0 Å². The number of para-hydroxylation sites is 1. The Hall–Kier alpha value is -1.84. The fourth-order valence-corrected chi connectivity index (χ4v) is 2.61. The van der Waals surface area contributed by atoms with Crippen molar-refractivity contribution in [2.45, 2.75) is 39.2 Å². The largest absolute Gasteiger partial charge is 0.353 e. The van der Waals surface area contributed by atoms with Gasteiger partial charge in [0.2, 0.25) is 11.8 Å². The summed E-state index contributed by atoms with van der Waals surface area (Å²) in [5.74, 6) is -0.209. The molecule has 20 heavy (non-hydrogen) atoms. The van der Waals surface area contributed by atoms with E-state index in [1.54, 1.807) is 4.90 Å². The third-order valence-corrected chi connectivity index (χ3v) is 3.67. The standard InChI is InChI=1S/C16H22N2O2/c1-3-7-12(2)17-16(20)13-10-15(19)18(11-13)14-8-5-4-6-9-14/h4-6,8-9,12-13H,3,7,10-11H2,1-2H3,(H,17,20). The van der Waals surface area contributed by atoms with Gasteiger partial charge in [-0.25, -0.2) is 0 Å². The molecule has 108 valence electrons. The van der Waals surface area contributed by atoms with Crippen LogP contribution in [0.1, 0.15) is 33.1 Å². The minimum absolute atomic E-state index is 0.00210. The van der Waals surface area contributed by atoms with Gasteiger partial charge in [0, 0.05) is 24.7 Å². The number of carbonyl (C=O) groups excluding carboxylic acids is 2. The number of nitrogens with zero attached hydrogens (tertiary/aromatic N) is 1. The second kappa shape index (κ2) is 6.55. The van der Waals surface area contributed by atoms with Crippen molar-refractivity contribution in [3.8, 4) is 0 Å². The first kappa shape index (κ1) is 14.6. The van der Waals surface area contributed by atoms with E-state index in [0.29, 0.717) is 13.0 Å². The summed E-state index contributed by atoms with van der Waals surface area (Å²) in [6, 6.07) is 9.70. The predicted molar refractivity (Wildman–Crippen MR) is 79.4 cm³/mol. The molecule has 2 amide bonds. The molecule has 4 nitrogen and oxygen atoms in total. The van der Waals surface area contributed by atoms with Crippen LogP contribution < -0.4 is 10.2 Å². The third-order valence-electron chi connectivity index (χ3n) is 3.67. The molecule has 1 aliphatic rings. The van der Waals surface area contributed by atoms with Crippen molar-refractivity contribution in [2.24, 2.45) is 5.92 Å². The second-order valence-electron chi connectivity index (χ2n) is 5.44. The smallest absolute Gasteiger partial charge is 0.227 e. The molecule has 1 aromatic carbocycles. The molecule has 1 saturated heterocycles. The quantitative estimate of drug-likeness (QED) is 0.896. The molecule has 0 saturated carbocycles. The van der Waals surface area contributed by atoms with Crippen molar-refractivity contribution >= 4 is 17.5 Å². The van der Waals surface area contributed by atoms with E-state index in [2.05, 4.69) is 12.2 Å². The van der Waals surface area contributed by atoms with E-state index in [1.807, 2.05) is 37.3 Å². The van der Waals surface area contributed by atoms with Crippen LogP contribution in [0.2, 0.25) is 0 Å². The van der Waals surface area contributed by atoms with Crippen molar-refractivity contribution in [1.29, 1.82) is 0 Å². The molecular weight excluding hydrogens is 252 g/mol. The lowest BCUT2D eigenvalue weighted by atomic mass is 10.1. The number of nitrogens with one attached hydrogen (secondary N) is 1. The molecule has 0 radical (unpaired) electrons. The van der Waals surface area contributed by atoms with Gasteiger partial charge in [-0.05, 0) is 25.5 Å². The minimum atomic E-state index is -0.234. The van der Waals surface area contributed by atoms with Crippen molar-refractivity contribution in [2.75, 3.05) is 11.4 Å². The monoisotopic (exact) mass is 274 g/mol. The van der Waals surface area contributed by atoms with E-state index in [9.17, 15) is 9.59 Å². The van der Waals surface area contributed by atoms with E-state index in [0.717, 1.165) is 18.5 Å². The SMILES string of the molecule is CCCC(C)NC(=O)C1CC(=O)N(c2ccccc2)C1. The Kier molecular flexibility index (Phi) is 4.77. The Morgan fingerprint density at radius 2 is 2.10 bits per heavy atom. The molecular formula is C16H22N2O2. The molecule has 0 spiro atoms. The number of rotatable bonds is 5. The van der Waals surface area contributed by atoms with E-state index in [-0.39, 0.29) is 23.8 Å². The van der Waals surface area contributed by atoms with Crippen LogP contribution in [-0.2, 0) is 9.59 Å². The van der Waals surface area contributed by atoms with Gasteiger partial charge in [-0.1, -0.05) is 31.5 Å². The van der Waals surface area contributed by atoms with E-state index >= 15 is 0 Å². The van der Waals surface area contributed by atoms with Crippen LogP contribution in [0.15, 0.2) is 30.3 Å². The zero-order valence-corrected chi connectivity index (χ0v) is 12.1. The molecule has 2 atom stereocenters. The zero-order chi connectivity index (χ0) is 14.5. The topological polar surface area (TPSA) is 49.4 Å². The maximum absolute atomic E-state index is 12.2. The third kappa shape index (κ3) is 3.38. The molecule has 2 rings (SSSR count). The number of benzene rings is 1. The molecule has 0 aliphatic carbocycles. The Balaban J connectivity index is 1.97. The summed E-state index contributed by atoms with van der Waals surface area (Å²) in [6.07, 6.45) is 2.32. The zero-order valence-electron chi connectivity index (χ0n) is 12.1. The number of carbonyl (C=O) groups is 2. The lowest BCUT2D eigenvalue weighted by Gasteiger charge is -2.18. The van der Waals surface area contributed by atoms with Gasteiger partial charge in [-0.2, -0.15) is 0 Å². The van der Waals surface area contributed by atoms with Crippen molar-refractivity contribution in [3.05, 3.63) is 30.3 Å². The summed E-state index contributed by atoms with van der Waals surface area (Å²) in [6.45, 7) is 4.58. The molecule has 2 unspecified atom stereocenters. The Labute approximate surface area is 120 Å². The molecule has 1 N–H and O–H groups in total. The fourth-order valence-electron chi connectivity index (χ4n) is 2.61. The van der Waals surface area contributed by atoms with Gasteiger partial charge in [0.25, 0.3) is 0 Å². The average molecular weight is 274 g/mol. The van der Waals surface area contributed by atoms with Crippen LogP contribution in [0.4, 0.5) is 5.69 Å². The van der Waals surface area contributed by atoms with Gasteiger partial charge in [0.05, 0.1) is 5.92 Å². The molecule has 1 fully saturated rings. The summed E-state index contributed by atoms with van der Waals surface area (Å²) >= 11 is 0. The Bertz CT molecular complexity index is 473. The molecule has 0 aromatic heterocycles. The minimum Gasteiger partial charge on any atom is -0.353 e. The maximum Gasteiger partial charge on any atom is 0.227 e. The number of anilines is 1. The number of amides is 2. The summed E-state index contributed by atoms with van der Waals surface area (Å²) in [7, 11) is 0. The van der Waals surface area contributed by atoms with Gasteiger partial charge < -0.3 is 10.2 Å². The van der Waals surface area contributed by atoms with E-state index in [4.69, 9.17) is 0 Å². The van der Waals surface area contributed by atoms with Gasteiger partial charge in [0.15, 0.2) is 0 Å². The second-order valence-corrected chi connectivity index (χ2v) is 5.44. The Morgan fingerprint density at radius 1 is 1.40 bits per heavy atom. The van der Waals surface area contributed by atoms with Crippen molar-refractivity contribution in [1.82, 2.24) is 5.32 Å². The first-order valence-electron chi connectivity index (χ1n) is 7.27. The molecule has 1 heterocycles. The summed E-state index contributed by atoms with van der Waals surface area (Å²) in [5.41, 5.74) is 0.870. The molecule has 1 aromatic rings. The first-order valence-corrected chi connectivity index (χ1v) is 7.27. The van der Waals surface area contributed by atoms with Crippen LogP contribution in [0.25, 0.3) is 0 Å². The van der Waals surface area contributed by atoms with Gasteiger partial charge in [-0.15, -0.1) is 0 Å². The first-order chi connectivity index (χ1) is 9.61. The number of hydrogen-bond acceptors (Lipinski definition) is 2. The van der Waals surface area contributed by atoms with Gasteiger partial charge >= 0.3 is 0 Å². The van der Waals surface area contributed by atoms with Crippen LogP contribution in [0.5, 0.6) is 0 Å². The fraction of sp³-hybridized carbons (Fsp3) is 0.500. The highest BCUT2D eigenvalue weighted by Crippen LogP contribution is 2.24. The maximum atomic E-state index is 12.2. The van der Waals surface area contributed by atoms with Crippen molar-refractivity contribution < 1.29 is 9.59 Å². The highest BCUT2D eigenvalue weighted by molar-refractivity contribution is 6.00. The number of hydrogen-bond donors (Lipinski definition) is 1. The summed E-state index contributed by atoms with van der Waals surface area (Å²) in [4.78, 5) is 25.9. The molecule has 4 heteroatoms. The normalized spacial score (nSPS) is 20.0. The average Bonchev–Trinajstić information content (AvgIpc) is 2.82. The van der Waals surface area contributed by atoms with Crippen molar-refractivity contribution in [3.63, 3.8) is 0 Å². The molecule has 0 bridgehead atoms. The van der Waals surface area contributed by atoms with Gasteiger partial charge in [0.1, 0.15) is 0 Å². The van der Waals surface area contributed by atoms with Crippen LogP contribution >= 0.6 is 0 Å².